The van der Waals surface area contributed by atoms with Crippen molar-refractivity contribution < 1.29 is 9.84 Å². The predicted molar refractivity (Wildman–Crippen MR) is 65.5 cm³/mol. The second kappa shape index (κ2) is 3.94. The fourth-order valence-electron chi connectivity index (χ4n) is 1.82. The average molecular weight is 225 g/mol. The Morgan fingerprint density at radius 3 is 2.65 bits per heavy atom. The Bertz CT molecular complexity index is 590. The summed E-state index contributed by atoms with van der Waals surface area (Å²) in [7, 11) is 0. The summed E-state index contributed by atoms with van der Waals surface area (Å²) in [6.07, 6.45) is 0. The van der Waals surface area contributed by atoms with Gasteiger partial charge in [-0.3, -0.25) is 0 Å². The number of ether oxygens (including phenoxy) is 1. The molecule has 1 N–H and O–H groups in total. The number of hydrogen-bond acceptors (Lipinski definition) is 3. The topological polar surface area (TPSA) is 41.8 Å². The first-order valence-electron chi connectivity index (χ1n) is 5.42. The first kappa shape index (κ1) is 9.90. The highest BCUT2D eigenvalue weighted by atomic mass is 16.5. The molecule has 0 unspecified atom stereocenters. The van der Waals surface area contributed by atoms with Crippen LogP contribution in [0.1, 0.15) is 11.1 Å². The van der Waals surface area contributed by atoms with Gasteiger partial charge in [-0.05, 0) is 18.2 Å². The molecule has 0 aliphatic carbocycles. The van der Waals surface area contributed by atoms with Crippen LogP contribution in [0.2, 0.25) is 0 Å². The van der Waals surface area contributed by atoms with Crippen LogP contribution in [-0.2, 0) is 11.3 Å². The van der Waals surface area contributed by atoms with E-state index in [-0.39, 0.29) is 5.75 Å². The van der Waals surface area contributed by atoms with Gasteiger partial charge in [-0.15, -0.1) is 0 Å². The van der Waals surface area contributed by atoms with Gasteiger partial charge >= 0.3 is 0 Å². The van der Waals surface area contributed by atoms with Crippen molar-refractivity contribution in [2.24, 2.45) is 4.99 Å². The Labute approximate surface area is 99.0 Å². The minimum Gasteiger partial charge on any atom is -0.507 e. The molecule has 3 rings (SSSR count). The molecule has 0 spiro atoms. The quantitative estimate of drug-likeness (QED) is 0.810. The van der Waals surface area contributed by atoms with E-state index < -0.39 is 0 Å². The smallest absolute Gasteiger partial charge is 0.225 e. The number of fused-ring (bicyclic) bond motifs is 1. The highest BCUT2D eigenvalue weighted by molar-refractivity contribution is 5.99. The number of aromatic hydroxyl groups is 1. The number of nitrogens with zero attached hydrogens (tertiary/aromatic N) is 1. The van der Waals surface area contributed by atoms with E-state index in [1.165, 1.54) is 0 Å². The van der Waals surface area contributed by atoms with E-state index in [4.69, 9.17) is 4.74 Å². The Hall–Kier alpha value is -2.29. The maximum atomic E-state index is 9.75. The Morgan fingerprint density at radius 2 is 1.76 bits per heavy atom. The van der Waals surface area contributed by atoms with Gasteiger partial charge in [-0.25, -0.2) is 4.99 Å². The number of hydrogen-bond donors (Lipinski definition) is 1. The van der Waals surface area contributed by atoms with Crippen molar-refractivity contribution in [3.63, 3.8) is 0 Å². The number of benzene rings is 2. The van der Waals surface area contributed by atoms with Crippen LogP contribution in [0.25, 0.3) is 0 Å². The molecule has 3 nitrogen and oxygen atoms in total. The summed E-state index contributed by atoms with van der Waals surface area (Å²) in [5.41, 5.74) is 2.59. The van der Waals surface area contributed by atoms with Crippen molar-refractivity contribution in [1.29, 1.82) is 0 Å². The molecule has 0 bridgehead atoms. The largest absolute Gasteiger partial charge is 0.507 e. The third-order valence-corrected chi connectivity index (χ3v) is 2.71. The van der Waals surface area contributed by atoms with E-state index in [1.807, 2.05) is 30.3 Å². The SMILES string of the molecule is Oc1ccccc1C1=Nc2ccccc2CO1. The maximum absolute atomic E-state index is 9.75. The van der Waals surface area contributed by atoms with Crippen LogP contribution in [0, 0.1) is 0 Å². The molecule has 3 heteroatoms. The van der Waals surface area contributed by atoms with Crippen LogP contribution in [0.15, 0.2) is 53.5 Å². The lowest BCUT2D eigenvalue weighted by Crippen LogP contribution is -2.11. The molecule has 0 radical (unpaired) electrons. The fraction of sp³-hybridized carbons (Fsp3) is 0.0714. The highest BCUT2D eigenvalue weighted by Gasteiger charge is 2.16. The number of phenolic OH excluding ortho intramolecular Hbond substituents is 1. The number of para-hydroxylation sites is 2. The molecule has 0 amide bonds. The van der Waals surface area contributed by atoms with Crippen LogP contribution in [0.3, 0.4) is 0 Å². The Kier molecular flexibility index (Phi) is 2.29. The molecule has 2 aromatic carbocycles. The van der Waals surface area contributed by atoms with E-state index in [1.54, 1.807) is 18.2 Å². The molecule has 0 fully saturated rings. The van der Waals surface area contributed by atoms with E-state index in [0.29, 0.717) is 18.1 Å². The van der Waals surface area contributed by atoms with E-state index in [9.17, 15) is 5.11 Å². The summed E-state index contributed by atoms with van der Waals surface area (Å²) in [5, 5.41) is 9.75. The summed E-state index contributed by atoms with van der Waals surface area (Å²) in [5.74, 6) is 0.660. The third kappa shape index (κ3) is 1.76. The Morgan fingerprint density at radius 1 is 1.00 bits per heavy atom. The summed E-state index contributed by atoms with van der Waals surface area (Å²) in [4.78, 5) is 4.41. The molecule has 17 heavy (non-hydrogen) atoms. The van der Waals surface area contributed by atoms with E-state index in [2.05, 4.69) is 4.99 Å². The molecular formula is C14H11NO2. The lowest BCUT2D eigenvalue weighted by molar-refractivity contribution is 0.287. The van der Waals surface area contributed by atoms with Crippen LogP contribution >= 0.6 is 0 Å². The molecule has 0 aromatic heterocycles. The lowest BCUT2D eigenvalue weighted by Gasteiger charge is -2.17. The summed E-state index contributed by atoms with van der Waals surface area (Å²) in [6, 6.07) is 14.9. The minimum atomic E-state index is 0.186. The van der Waals surface area contributed by atoms with Crippen LogP contribution in [-0.4, -0.2) is 11.0 Å². The second-order valence-corrected chi connectivity index (χ2v) is 3.85. The summed E-state index contributed by atoms with van der Waals surface area (Å²) in [6.45, 7) is 0.489. The molecule has 2 aromatic rings. The maximum Gasteiger partial charge on any atom is 0.225 e. The normalized spacial score (nSPS) is 13.5. The van der Waals surface area contributed by atoms with Crippen molar-refractivity contribution in [3.8, 4) is 5.75 Å². The van der Waals surface area contributed by atoms with Crippen molar-refractivity contribution in [3.05, 3.63) is 59.7 Å². The van der Waals surface area contributed by atoms with Gasteiger partial charge in [0.05, 0.1) is 11.3 Å². The molecule has 1 aliphatic heterocycles. The van der Waals surface area contributed by atoms with Gasteiger partial charge in [0.1, 0.15) is 12.4 Å². The molecular weight excluding hydrogens is 214 g/mol. The van der Waals surface area contributed by atoms with Gasteiger partial charge in [0, 0.05) is 5.56 Å². The monoisotopic (exact) mass is 225 g/mol. The van der Waals surface area contributed by atoms with Crippen molar-refractivity contribution in [2.45, 2.75) is 6.61 Å². The summed E-state index contributed by atoms with van der Waals surface area (Å²) < 4.78 is 5.56. The van der Waals surface area contributed by atoms with E-state index in [0.717, 1.165) is 11.3 Å². The van der Waals surface area contributed by atoms with Crippen LogP contribution in [0.5, 0.6) is 5.75 Å². The highest BCUT2D eigenvalue weighted by Crippen LogP contribution is 2.28. The number of aliphatic imine (C=N–C) groups is 1. The van der Waals surface area contributed by atoms with Gasteiger partial charge in [0.2, 0.25) is 5.90 Å². The van der Waals surface area contributed by atoms with Crippen molar-refractivity contribution >= 4 is 11.6 Å². The minimum absolute atomic E-state index is 0.186. The van der Waals surface area contributed by atoms with E-state index >= 15 is 0 Å². The number of rotatable bonds is 1. The molecule has 0 saturated heterocycles. The molecule has 1 heterocycles. The van der Waals surface area contributed by atoms with Gasteiger partial charge < -0.3 is 9.84 Å². The summed E-state index contributed by atoms with van der Waals surface area (Å²) >= 11 is 0. The second-order valence-electron chi connectivity index (χ2n) is 3.85. The lowest BCUT2D eigenvalue weighted by atomic mass is 10.1. The first-order chi connectivity index (χ1) is 8.34. The van der Waals surface area contributed by atoms with Crippen LogP contribution in [0.4, 0.5) is 5.69 Å². The van der Waals surface area contributed by atoms with Gasteiger partial charge in [0.15, 0.2) is 0 Å². The van der Waals surface area contributed by atoms with Gasteiger partial charge in [0.25, 0.3) is 0 Å². The molecule has 1 aliphatic rings. The third-order valence-electron chi connectivity index (χ3n) is 2.71. The zero-order chi connectivity index (χ0) is 11.7. The fourth-order valence-corrected chi connectivity index (χ4v) is 1.82. The van der Waals surface area contributed by atoms with Crippen LogP contribution < -0.4 is 0 Å². The standard InChI is InChI=1S/C14H11NO2/c16-13-8-4-2-6-11(13)14-15-12-7-3-1-5-10(12)9-17-14/h1-8,16H,9H2. The zero-order valence-electron chi connectivity index (χ0n) is 9.13. The zero-order valence-corrected chi connectivity index (χ0v) is 9.13. The molecule has 84 valence electrons. The average Bonchev–Trinajstić information content (AvgIpc) is 2.39. The molecule has 0 atom stereocenters. The Balaban J connectivity index is 2.08. The first-order valence-corrected chi connectivity index (χ1v) is 5.42. The van der Waals surface area contributed by atoms with Gasteiger partial charge in [-0.1, -0.05) is 30.3 Å². The van der Waals surface area contributed by atoms with Crippen molar-refractivity contribution in [1.82, 2.24) is 0 Å². The van der Waals surface area contributed by atoms with Gasteiger partial charge in [-0.2, -0.15) is 0 Å². The number of phenols is 1. The van der Waals surface area contributed by atoms with Crippen molar-refractivity contribution in [2.75, 3.05) is 0 Å². The molecule has 0 saturated carbocycles. The predicted octanol–water partition coefficient (Wildman–Crippen LogP) is 3.00.